The number of benzene rings is 1. The van der Waals surface area contributed by atoms with E-state index >= 15 is 0 Å². The highest BCUT2D eigenvalue weighted by Crippen LogP contribution is 2.26. The molecule has 1 aromatic carbocycles. The lowest BCUT2D eigenvalue weighted by Crippen LogP contribution is -2.46. The molecule has 8 heteroatoms. The summed E-state index contributed by atoms with van der Waals surface area (Å²) in [7, 11) is 0. The first-order chi connectivity index (χ1) is 12.6. The number of carbonyl (C=O) groups excluding carboxylic acids is 1. The number of nitrogens with two attached hydrogens (primary N) is 1. The van der Waals surface area contributed by atoms with E-state index in [-0.39, 0.29) is 23.6 Å². The Hall–Kier alpha value is -2.58. The predicted molar refractivity (Wildman–Crippen MR) is 97.7 cm³/mol. The Morgan fingerprint density at radius 2 is 2.19 bits per heavy atom. The summed E-state index contributed by atoms with van der Waals surface area (Å²) < 4.78 is 15.2. The lowest BCUT2D eigenvalue weighted by atomic mass is 10.1. The highest BCUT2D eigenvalue weighted by atomic mass is 32.1. The van der Waals surface area contributed by atoms with Crippen LogP contribution in [0, 0.1) is 5.82 Å². The van der Waals surface area contributed by atoms with Gasteiger partial charge in [0.15, 0.2) is 5.82 Å². The van der Waals surface area contributed by atoms with Gasteiger partial charge in [0.1, 0.15) is 5.82 Å². The summed E-state index contributed by atoms with van der Waals surface area (Å²) >= 11 is 1.49. The molecule has 0 aliphatic carbocycles. The fourth-order valence-corrected chi connectivity index (χ4v) is 3.79. The molecule has 3 heterocycles. The van der Waals surface area contributed by atoms with Crippen molar-refractivity contribution in [1.82, 2.24) is 19.7 Å². The average Bonchev–Trinajstić information content (AvgIpc) is 3.30. The van der Waals surface area contributed by atoms with Crippen LogP contribution in [0.5, 0.6) is 0 Å². The van der Waals surface area contributed by atoms with Crippen LogP contribution in [0.1, 0.15) is 23.5 Å². The molecule has 1 aliphatic rings. The Morgan fingerprint density at radius 3 is 2.92 bits per heavy atom. The number of nitrogens with zero attached hydrogens (tertiary/aromatic N) is 4. The number of aromatic nitrogens is 3. The van der Waals surface area contributed by atoms with Gasteiger partial charge in [0.2, 0.25) is 5.82 Å². The molecule has 0 radical (unpaired) electrons. The van der Waals surface area contributed by atoms with E-state index in [4.69, 9.17) is 5.73 Å². The van der Waals surface area contributed by atoms with Crippen LogP contribution >= 0.6 is 11.3 Å². The van der Waals surface area contributed by atoms with Crippen molar-refractivity contribution in [2.75, 3.05) is 13.1 Å². The van der Waals surface area contributed by atoms with E-state index in [0.717, 1.165) is 17.7 Å². The van der Waals surface area contributed by atoms with E-state index in [2.05, 4.69) is 10.1 Å². The Kier molecular flexibility index (Phi) is 4.52. The molecule has 1 amide bonds. The average molecular weight is 371 g/mol. The molecular formula is C18H18FN5OS. The van der Waals surface area contributed by atoms with Crippen molar-refractivity contribution in [3.8, 4) is 16.4 Å². The molecule has 0 spiro atoms. The molecule has 1 aliphatic heterocycles. The first-order valence-corrected chi connectivity index (χ1v) is 9.31. The Labute approximate surface area is 154 Å². The van der Waals surface area contributed by atoms with E-state index < -0.39 is 0 Å². The van der Waals surface area contributed by atoms with Crippen LogP contribution in [0.25, 0.3) is 16.4 Å². The molecule has 3 aromatic rings. The molecule has 6 nitrogen and oxygen atoms in total. The molecule has 0 saturated carbocycles. The summed E-state index contributed by atoms with van der Waals surface area (Å²) in [5.74, 6) is 0.0140. The normalized spacial score (nSPS) is 17.5. The molecule has 26 heavy (non-hydrogen) atoms. The van der Waals surface area contributed by atoms with Gasteiger partial charge in [0.05, 0.1) is 10.6 Å². The molecule has 1 saturated heterocycles. The minimum Gasteiger partial charge on any atom is -0.334 e. The maximum atomic E-state index is 13.7. The number of piperidine rings is 1. The van der Waals surface area contributed by atoms with Crippen LogP contribution in [0.15, 0.2) is 41.8 Å². The summed E-state index contributed by atoms with van der Waals surface area (Å²) in [6.07, 6.45) is 1.78. The van der Waals surface area contributed by atoms with Gasteiger partial charge in [-0.3, -0.25) is 4.79 Å². The number of hydrogen-bond donors (Lipinski definition) is 1. The Morgan fingerprint density at radius 1 is 1.31 bits per heavy atom. The van der Waals surface area contributed by atoms with Gasteiger partial charge in [-0.15, -0.1) is 16.4 Å². The molecule has 134 valence electrons. The number of thiophene rings is 1. The zero-order valence-electron chi connectivity index (χ0n) is 14.0. The maximum Gasteiger partial charge on any atom is 0.293 e. The summed E-state index contributed by atoms with van der Waals surface area (Å²) in [5, 5.41) is 6.31. The second-order valence-electron chi connectivity index (χ2n) is 6.28. The zero-order valence-corrected chi connectivity index (χ0v) is 14.8. The fraction of sp³-hybridized carbons (Fsp3) is 0.278. The lowest BCUT2D eigenvalue weighted by molar-refractivity contribution is 0.0696. The summed E-state index contributed by atoms with van der Waals surface area (Å²) in [6.45, 7) is 1.15. The number of carbonyl (C=O) groups is 1. The molecule has 1 fully saturated rings. The molecule has 0 bridgehead atoms. The van der Waals surface area contributed by atoms with Crippen molar-refractivity contribution in [3.05, 3.63) is 53.4 Å². The third-order valence-electron chi connectivity index (χ3n) is 4.34. The van der Waals surface area contributed by atoms with E-state index in [1.807, 2.05) is 17.5 Å². The Balaban J connectivity index is 1.75. The molecular weight excluding hydrogens is 353 g/mol. The number of hydrogen-bond acceptors (Lipinski definition) is 5. The third-order valence-corrected chi connectivity index (χ3v) is 5.20. The van der Waals surface area contributed by atoms with Crippen LogP contribution in [-0.2, 0) is 0 Å². The number of likely N-dealkylation sites (tertiary alicyclic amines) is 1. The van der Waals surface area contributed by atoms with Gasteiger partial charge in [0, 0.05) is 19.1 Å². The second kappa shape index (κ2) is 6.97. The van der Waals surface area contributed by atoms with Gasteiger partial charge in [0.25, 0.3) is 5.91 Å². The lowest BCUT2D eigenvalue weighted by Gasteiger charge is -2.29. The second-order valence-corrected chi connectivity index (χ2v) is 7.23. The van der Waals surface area contributed by atoms with Crippen molar-refractivity contribution in [3.63, 3.8) is 0 Å². The van der Waals surface area contributed by atoms with Crippen molar-refractivity contribution < 1.29 is 9.18 Å². The molecule has 2 N–H and O–H groups in total. The molecule has 1 atom stereocenters. The van der Waals surface area contributed by atoms with Crippen molar-refractivity contribution >= 4 is 17.2 Å². The number of rotatable bonds is 3. The van der Waals surface area contributed by atoms with E-state index in [1.54, 1.807) is 17.0 Å². The number of halogens is 1. The third kappa shape index (κ3) is 3.25. The SMILES string of the molecule is NC1CCCN(C(=O)c2nc(-c3cccs3)n(-c3cccc(F)c3)n2)C1. The smallest absolute Gasteiger partial charge is 0.293 e. The standard InChI is InChI=1S/C18H18FN5OS/c19-12-4-1-6-14(10-12)24-17(15-7-3-9-26-15)21-16(22-24)18(25)23-8-2-5-13(20)11-23/h1,3-4,6-7,9-10,13H,2,5,8,11,20H2. The van der Waals surface area contributed by atoms with Gasteiger partial charge >= 0.3 is 0 Å². The highest BCUT2D eigenvalue weighted by molar-refractivity contribution is 7.13. The van der Waals surface area contributed by atoms with Crippen LogP contribution in [0.4, 0.5) is 4.39 Å². The molecule has 2 aromatic heterocycles. The van der Waals surface area contributed by atoms with Crippen LogP contribution in [0.3, 0.4) is 0 Å². The summed E-state index contributed by atoms with van der Waals surface area (Å²) in [5.41, 5.74) is 6.50. The molecule has 1 unspecified atom stereocenters. The van der Waals surface area contributed by atoms with E-state index in [1.165, 1.54) is 28.2 Å². The van der Waals surface area contributed by atoms with Crippen molar-refractivity contribution in [1.29, 1.82) is 0 Å². The van der Waals surface area contributed by atoms with Gasteiger partial charge in [-0.25, -0.2) is 14.1 Å². The Bertz CT molecular complexity index is 924. The van der Waals surface area contributed by atoms with E-state index in [9.17, 15) is 9.18 Å². The first kappa shape index (κ1) is 16.9. The summed E-state index contributed by atoms with van der Waals surface area (Å²) in [4.78, 5) is 19.9. The quantitative estimate of drug-likeness (QED) is 0.768. The minimum atomic E-state index is -0.370. The number of amides is 1. The van der Waals surface area contributed by atoms with Gasteiger partial charge in [-0.1, -0.05) is 12.1 Å². The monoisotopic (exact) mass is 371 g/mol. The fourth-order valence-electron chi connectivity index (χ4n) is 3.09. The maximum absolute atomic E-state index is 13.7. The van der Waals surface area contributed by atoms with Crippen LogP contribution in [-0.4, -0.2) is 44.7 Å². The highest BCUT2D eigenvalue weighted by Gasteiger charge is 2.27. The van der Waals surface area contributed by atoms with Crippen LogP contribution < -0.4 is 5.73 Å². The largest absolute Gasteiger partial charge is 0.334 e. The topological polar surface area (TPSA) is 77.0 Å². The van der Waals surface area contributed by atoms with Gasteiger partial charge in [-0.2, -0.15) is 0 Å². The van der Waals surface area contributed by atoms with Crippen molar-refractivity contribution in [2.24, 2.45) is 5.73 Å². The zero-order chi connectivity index (χ0) is 18.1. The predicted octanol–water partition coefficient (Wildman–Crippen LogP) is 2.70. The van der Waals surface area contributed by atoms with Gasteiger partial charge in [-0.05, 0) is 42.5 Å². The first-order valence-electron chi connectivity index (χ1n) is 8.43. The van der Waals surface area contributed by atoms with Crippen LogP contribution in [0.2, 0.25) is 0 Å². The van der Waals surface area contributed by atoms with E-state index in [0.29, 0.717) is 24.6 Å². The summed E-state index contributed by atoms with van der Waals surface area (Å²) in [6, 6.07) is 9.86. The minimum absolute atomic E-state index is 0.0187. The molecule has 4 rings (SSSR count). The van der Waals surface area contributed by atoms with Gasteiger partial charge < -0.3 is 10.6 Å². The van der Waals surface area contributed by atoms with Crippen molar-refractivity contribution in [2.45, 2.75) is 18.9 Å².